The van der Waals surface area contributed by atoms with Gasteiger partial charge in [0.1, 0.15) is 5.75 Å². The van der Waals surface area contributed by atoms with E-state index in [9.17, 15) is 0 Å². The van der Waals surface area contributed by atoms with Gasteiger partial charge in [-0.2, -0.15) is 0 Å². The number of aromatic nitrogens is 2. The summed E-state index contributed by atoms with van der Waals surface area (Å²) < 4.78 is 10.7. The zero-order valence-corrected chi connectivity index (χ0v) is 17.5. The molecule has 0 atom stereocenters. The highest BCUT2D eigenvalue weighted by molar-refractivity contribution is 6.28. The van der Waals surface area contributed by atoms with Crippen LogP contribution in [0, 0.1) is 6.92 Å². The number of ether oxygens (including phenoxy) is 2. The molecule has 4 aromatic rings. The lowest BCUT2D eigenvalue weighted by Gasteiger charge is -2.14. The van der Waals surface area contributed by atoms with Crippen LogP contribution in [-0.2, 0) is 4.74 Å². The molecule has 0 aliphatic heterocycles. The summed E-state index contributed by atoms with van der Waals surface area (Å²) in [6.07, 6.45) is 3.50. The molecule has 0 aliphatic carbocycles. The summed E-state index contributed by atoms with van der Waals surface area (Å²) in [6.45, 7) is 7.51. The number of aryl methyl sites for hydroxylation is 1. The lowest BCUT2D eigenvalue weighted by molar-refractivity contribution is 0.0512. The number of fused-ring (bicyclic) bond motifs is 2. The first-order valence-corrected chi connectivity index (χ1v) is 9.60. The Morgan fingerprint density at radius 2 is 1.83 bits per heavy atom. The Morgan fingerprint density at radius 1 is 1.07 bits per heavy atom. The van der Waals surface area contributed by atoms with Crippen LogP contribution in [0.15, 0.2) is 67.4 Å². The van der Waals surface area contributed by atoms with E-state index < -0.39 is 0 Å². The molecular weight excluding hydrogens is 384 g/mol. The maximum atomic E-state index is 6.01. The average molecular weight is 407 g/mol. The summed E-state index contributed by atoms with van der Waals surface area (Å²) in [7, 11) is 1.61. The number of rotatable bonds is 4. The van der Waals surface area contributed by atoms with E-state index >= 15 is 0 Å². The van der Waals surface area contributed by atoms with Crippen molar-refractivity contribution in [3.63, 3.8) is 0 Å². The Kier molecular flexibility index (Phi) is 6.81. The zero-order valence-electron chi connectivity index (χ0n) is 16.8. The topological polar surface area (TPSA) is 44.2 Å². The van der Waals surface area contributed by atoms with Gasteiger partial charge in [-0.3, -0.25) is 0 Å². The third kappa shape index (κ3) is 4.56. The van der Waals surface area contributed by atoms with Crippen LogP contribution in [0.3, 0.4) is 0 Å². The predicted octanol–water partition coefficient (Wildman–Crippen LogP) is 6.59. The van der Waals surface area contributed by atoms with Gasteiger partial charge in [-0.25, -0.2) is 9.97 Å². The van der Waals surface area contributed by atoms with Crippen LogP contribution in [0.5, 0.6) is 5.75 Å². The van der Waals surface area contributed by atoms with Crippen LogP contribution in [0.2, 0.25) is 5.28 Å². The van der Waals surface area contributed by atoms with E-state index in [-0.39, 0.29) is 12.1 Å². The van der Waals surface area contributed by atoms with Crippen molar-refractivity contribution in [1.82, 2.24) is 9.97 Å². The fourth-order valence-corrected chi connectivity index (χ4v) is 3.36. The van der Waals surface area contributed by atoms with Gasteiger partial charge in [0, 0.05) is 18.7 Å². The fraction of sp³-hybridized carbons (Fsp3) is 0.167. The molecule has 0 radical (unpaired) electrons. The van der Waals surface area contributed by atoms with Gasteiger partial charge in [-0.05, 0) is 65.0 Å². The quantitative estimate of drug-likeness (QED) is 0.218. The van der Waals surface area contributed by atoms with E-state index in [4.69, 9.17) is 21.1 Å². The Morgan fingerprint density at radius 3 is 2.59 bits per heavy atom. The summed E-state index contributed by atoms with van der Waals surface area (Å²) in [6, 6.07) is 16.4. The molecule has 0 amide bonds. The highest BCUT2D eigenvalue weighted by Gasteiger charge is 2.12. The van der Waals surface area contributed by atoms with Gasteiger partial charge in [0.05, 0.1) is 5.52 Å². The summed E-state index contributed by atoms with van der Waals surface area (Å²) in [5, 5.41) is 3.47. The molecule has 4 rings (SSSR count). The van der Waals surface area contributed by atoms with Crippen molar-refractivity contribution in [2.24, 2.45) is 0 Å². The van der Waals surface area contributed by atoms with E-state index in [0.717, 1.165) is 44.1 Å². The minimum Gasteiger partial charge on any atom is -0.468 e. The highest BCUT2D eigenvalue weighted by atomic mass is 35.5. The Hall–Kier alpha value is -2.95. The molecule has 0 fully saturated rings. The average Bonchev–Trinajstić information content (AvgIpc) is 2.73. The SMILES string of the molecule is C=CC.COCOc1cc(-c2ccc3cnc(Cl)nc3c2C)c2ccccc2c1. The smallest absolute Gasteiger partial charge is 0.222 e. The molecule has 4 nitrogen and oxygen atoms in total. The lowest BCUT2D eigenvalue weighted by Crippen LogP contribution is -1.99. The van der Waals surface area contributed by atoms with Crippen molar-refractivity contribution < 1.29 is 9.47 Å². The summed E-state index contributed by atoms with van der Waals surface area (Å²) in [5.74, 6) is 0.765. The molecule has 5 heteroatoms. The van der Waals surface area contributed by atoms with Gasteiger partial charge in [-0.15, -0.1) is 6.58 Å². The normalized spacial score (nSPS) is 10.5. The molecule has 1 aromatic heterocycles. The molecule has 29 heavy (non-hydrogen) atoms. The molecule has 0 saturated carbocycles. The second kappa shape index (κ2) is 9.50. The molecule has 1 heterocycles. The molecule has 148 valence electrons. The molecular formula is C24H23ClN2O2. The minimum atomic E-state index is 0.206. The van der Waals surface area contributed by atoms with E-state index in [0.29, 0.717) is 0 Å². The van der Waals surface area contributed by atoms with Crippen LogP contribution >= 0.6 is 11.6 Å². The van der Waals surface area contributed by atoms with Gasteiger partial charge >= 0.3 is 0 Å². The number of nitrogens with zero attached hydrogens (tertiary/aromatic N) is 2. The van der Waals surface area contributed by atoms with Crippen molar-refractivity contribution in [2.45, 2.75) is 13.8 Å². The molecule has 0 saturated heterocycles. The Labute approximate surface area is 175 Å². The van der Waals surface area contributed by atoms with Crippen molar-refractivity contribution in [3.8, 4) is 16.9 Å². The second-order valence-corrected chi connectivity index (χ2v) is 6.80. The lowest BCUT2D eigenvalue weighted by atomic mass is 9.93. The van der Waals surface area contributed by atoms with E-state index in [1.165, 1.54) is 0 Å². The van der Waals surface area contributed by atoms with Crippen molar-refractivity contribution >= 4 is 33.3 Å². The Bertz CT molecular complexity index is 1160. The number of benzene rings is 3. The number of hydrogen-bond acceptors (Lipinski definition) is 4. The van der Waals surface area contributed by atoms with E-state index in [1.54, 1.807) is 19.4 Å². The van der Waals surface area contributed by atoms with Gasteiger partial charge in [0.25, 0.3) is 0 Å². The molecule has 0 unspecified atom stereocenters. The first kappa shape index (κ1) is 20.8. The fourth-order valence-electron chi connectivity index (χ4n) is 3.23. The van der Waals surface area contributed by atoms with Crippen LogP contribution in [0.1, 0.15) is 12.5 Å². The number of allylic oxidation sites excluding steroid dienone is 1. The first-order valence-electron chi connectivity index (χ1n) is 9.22. The highest BCUT2D eigenvalue weighted by Crippen LogP contribution is 2.36. The molecule has 0 aliphatic rings. The number of hydrogen-bond donors (Lipinski definition) is 0. The number of methoxy groups -OCH3 is 1. The summed E-state index contributed by atoms with van der Waals surface area (Å²) in [4.78, 5) is 8.49. The zero-order chi connectivity index (χ0) is 20.8. The monoisotopic (exact) mass is 406 g/mol. The van der Waals surface area contributed by atoms with Crippen LogP contribution < -0.4 is 4.74 Å². The van der Waals surface area contributed by atoms with Crippen LogP contribution in [0.25, 0.3) is 32.8 Å². The summed E-state index contributed by atoms with van der Waals surface area (Å²) >= 11 is 6.01. The molecule has 3 aromatic carbocycles. The van der Waals surface area contributed by atoms with Crippen molar-refractivity contribution in [2.75, 3.05) is 13.9 Å². The largest absolute Gasteiger partial charge is 0.468 e. The molecule has 0 spiro atoms. The summed E-state index contributed by atoms with van der Waals surface area (Å²) in [5.41, 5.74) is 4.09. The van der Waals surface area contributed by atoms with Gasteiger partial charge < -0.3 is 9.47 Å². The standard InChI is InChI=1S/C21H17ClN2O2.C3H6/c1-13-17(8-7-15-11-23-21(22)24-20(13)15)19-10-16(26-12-25-2)9-14-5-3-4-6-18(14)19;1-3-2/h3-11H,12H2,1-2H3;3H,1H2,2H3. The maximum absolute atomic E-state index is 6.01. The first-order chi connectivity index (χ1) is 14.1. The Balaban J connectivity index is 0.000000755. The molecule has 0 bridgehead atoms. The molecule has 0 N–H and O–H groups in total. The minimum absolute atomic E-state index is 0.206. The third-order valence-corrected chi connectivity index (χ3v) is 4.63. The van der Waals surface area contributed by atoms with Crippen LogP contribution in [0.4, 0.5) is 0 Å². The van der Waals surface area contributed by atoms with E-state index in [1.807, 2.05) is 37.3 Å². The second-order valence-electron chi connectivity index (χ2n) is 6.47. The van der Waals surface area contributed by atoms with E-state index in [2.05, 4.69) is 41.7 Å². The predicted molar refractivity (Wildman–Crippen MR) is 121 cm³/mol. The van der Waals surface area contributed by atoms with Crippen molar-refractivity contribution in [1.29, 1.82) is 0 Å². The maximum Gasteiger partial charge on any atom is 0.222 e. The van der Waals surface area contributed by atoms with Gasteiger partial charge in [0.15, 0.2) is 6.79 Å². The van der Waals surface area contributed by atoms with Crippen molar-refractivity contribution in [3.05, 3.63) is 78.2 Å². The van der Waals surface area contributed by atoms with Crippen LogP contribution in [-0.4, -0.2) is 23.9 Å². The number of halogens is 1. The van der Waals surface area contributed by atoms with Gasteiger partial charge in [0.2, 0.25) is 5.28 Å². The third-order valence-electron chi connectivity index (χ3n) is 4.45. The van der Waals surface area contributed by atoms with Gasteiger partial charge in [-0.1, -0.05) is 42.5 Å².